The molecule has 0 aliphatic carbocycles. The summed E-state index contributed by atoms with van der Waals surface area (Å²) < 4.78 is 12.2. The predicted octanol–water partition coefficient (Wildman–Crippen LogP) is 4.81. The first-order valence-corrected chi connectivity index (χ1v) is 12.7. The standard InChI is InChI=1S/C28H27N5O4S/c1-18-5-7-22(8-6-18)27-31-32-28(33(27)23-11-15-24(36-4)16-12-23)38-17-26(35)30-29-19(2)21-9-13-25(14-10-21)37-20(3)34/h5-16H,17H2,1-4H3,(H,30,35)/b29-19-. The molecule has 0 aliphatic rings. The van der Waals surface area contributed by atoms with Crippen molar-refractivity contribution in [2.75, 3.05) is 12.9 Å². The van der Waals surface area contributed by atoms with Gasteiger partial charge in [-0.2, -0.15) is 5.10 Å². The van der Waals surface area contributed by atoms with Crippen molar-refractivity contribution < 1.29 is 19.1 Å². The first-order valence-electron chi connectivity index (χ1n) is 11.8. The van der Waals surface area contributed by atoms with E-state index in [-0.39, 0.29) is 17.6 Å². The highest BCUT2D eigenvalue weighted by molar-refractivity contribution is 7.99. The van der Waals surface area contributed by atoms with Gasteiger partial charge in [-0.3, -0.25) is 14.2 Å². The molecule has 0 bridgehead atoms. The fourth-order valence-electron chi connectivity index (χ4n) is 3.52. The van der Waals surface area contributed by atoms with Crippen molar-refractivity contribution in [1.29, 1.82) is 0 Å². The average molecular weight is 530 g/mol. The Hall–Kier alpha value is -4.44. The van der Waals surface area contributed by atoms with Crippen LogP contribution in [-0.4, -0.2) is 45.2 Å². The molecule has 0 atom stereocenters. The number of hydrogen-bond donors (Lipinski definition) is 1. The van der Waals surface area contributed by atoms with Gasteiger partial charge in [0.05, 0.1) is 18.6 Å². The normalized spacial score (nSPS) is 11.2. The number of hydrazone groups is 1. The minimum absolute atomic E-state index is 0.0877. The topological polar surface area (TPSA) is 108 Å². The van der Waals surface area contributed by atoms with Crippen molar-refractivity contribution in [3.05, 3.63) is 83.9 Å². The van der Waals surface area contributed by atoms with Gasteiger partial charge < -0.3 is 9.47 Å². The van der Waals surface area contributed by atoms with Crippen LogP contribution in [0.2, 0.25) is 0 Å². The van der Waals surface area contributed by atoms with Crippen LogP contribution in [0.15, 0.2) is 83.1 Å². The highest BCUT2D eigenvalue weighted by Gasteiger charge is 2.17. The van der Waals surface area contributed by atoms with E-state index < -0.39 is 0 Å². The molecule has 0 saturated heterocycles. The number of rotatable bonds is 9. The Labute approximate surface area is 224 Å². The Balaban J connectivity index is 1.48. The summed E-state index contributed by atoms with van der Waals surface area (Å²) in [6.45, 7) is 5.15. The lowest BCUT2D eigenvalue weighted by molar-refractivity contribution is -0.131. The second-order valence-electron chi connectivity index (χ2n) is 8.34. The number of aryl methyl sites for hydroxylation is 1. The highest BCUT2D eigenvalue weighted by Crippen LogP contribution is 2.29. The second-order valence-corrected chi connectivity index (χ2v) is 9.29. The SMILES string of the molecule is COc1ccc(-n2c(SCC(=O)N/N=C(/C)c3ccc(OC(C)=O)cc3)nnc2-c2ccc(C)cc2)cc1. The van der Waals surface area contributed by atoms with Crippen LogP contribution in [-0.2, 0) is 9.59 Å². The monoisotopic (exact) mass is 529 g/mol. The number of nitrogens with zero attached hydrogens (tertiary/aromatic N) is 4. The third-order valence-corrected chi connectivity index (χ3v) is 6.42. The lowest BCUT2D eigenvalue weighted by Crippen LogP contribution is -2.21. The number of thioether (sulfide) groups is 1. The van der Waals surface area contributed by atoms with E-state index in [1.54, 1.807) is 38.3 Å². The molecular formula is C28H27N5O4S. The molecule has 0 aliphatic heterocycles. The van der Waals surface area contributed by atoms with Crippen LogP contribution >= 0.6 is 11.8 Å². The van der Waals surface area contributed by atoms with Crippen molar-refractivity contribution in [2.45, 2.75) is 25.9 Å². The van der Waals surface area contributed by atoms with E-state index >= 15 is 0 Å². The Morgan fingerprint density at radius 2 is 1.58 bits per heavy atom. The van der Waals surface area contributed by atoms with Crippen LogP contribution in [0.5, 0.6) is 11.5 Å². The number of methoxy groups -OCH3 is 1. The largest absolute Gasteiger partial charge is 0.497 e. The van der Waals surface area contributed by atoms with Gasteiger partial charge in [0.15, 0.2) is 11.0 Å². The number of esters is 1. The predicted molar refractivity (Wildman–Crippen MR) is 147 cm³/mol. The molecule has 3 aromatic carbocycles. The second kappa shape index (κ2) is 12.2. The third-order valence-electron chi connectivity index (χ3n) is 5.49. The molecule has 0 fully saturated rings. The Kier molecular flexibility index (Phi) is 8.55. The van der Waals surface area contributed by atoms with Crippen LogP contribution in [0.25, 0.3) is 17.1 Å². The van der Waals surface area contributed by atoms with Crippen LogP contribution in [0.1, 0.15) is 25.0 Å². The van der Waals surface area contributed by atoms with Gasteiger partial charge in [-0.05, 0) is 67.9 Å². The van der Waals surface area contributed by atoms with Crippen molar-refractivity contribution in [3.8, 4) is 28.6 Å². The summed E-state index contributed by atoms with van der Waals surface area (Å²) in [7, 11) is 1.62. The Bertz CT molecular complexity index is 1450. The summed E-state index contributed by atoms with van der Waals surface area (Å²) in [6.07, 6.45) is 0. The lowest BCUT2D eigenvalue weighted by atomic mass is 10.1. The lowest BCUT2D eigenvalue weighted by Gasteiger charge is -2.11. The van der Waals surface area contributed by atoms with Gasteiger partial charge in [0.1, 0.15) is 11.5 Å². The first-order chi connectivity index (χ1) is 18.3. The average Bonchev–Trinajstić information content (AvgIpc) is 3.35. The van der Waals surface area contributed by atoms with Crippen molar-refractivity contribution >= 4 is 29.4 Å². The van der Waals surface area contributed by atoms with E-state index in [2.05, 4.69) is 20.7 Å². The molecule has 0 radical (unpaired) electrons. The maximum atomic E-state index is 12.6. The van der Waals surface area contributed by atoms with Gasteiger partial charge in [-0.15, -0.1) is 10.2 Å². The maximum absolute atomic E-state index is 12.6. The molecule has 1 aromatic heterocycles. The number of nitrogens with one attached hydrogen (secondary N) is 1. The zero-order chi connectivity index (χ0) is 27.1. The van der Waals surface area contributed by atoms with E-state index in [9.17, 15) is 9.59 Å². The molecule has 1 amide bonds. The summed E-state index contributed by atoms with van der Waals surface area (Å²) in [4.78, 5) is 23.7. The maximum Gasteiger partial charge on any atom is 0.308 e. The van der Waals surface area contributed by atoms with Crippen LogP contribution in [0.4, 0.5) is 0 Å². The molecule has 38 heavy (non-hydrogen) atoms. The Morgan fingerprint density at radius 1 is 0.921 bits per heavy atom. The molecule has 9 nitrogen and oxygen atoms in total. The number of hydrogen-bond acceptors (Lipinski definition) is 8. The van der Waals surface area contributed by atoms with E-state index in [1.165, 1.54) is 18.7 Å². The molecule has 0 spiro atoms. The van der Waals surface area contributed by atoms with Gasteiger partial charge >= 0.3 is 5.97 Å². The molecule has 1 N–H and O–H groups in total. The number of aromatic nitrogens is 3. The highest BCUT2D eigenvalue weighted by atomic mass is 32.2. The quantitative estimate of drug-likeness (QED) is 0.109. The van der Waals surface area contributed by atoms with E-state index in [4.69, 9.17) is 9.47 Å². The summed E-state index contributed by atoms with van der Waals surface area (Å²) in [5, 5.41) is 13.6. The van der Waals surface area contributed by atoms with Crippen LogP contribution in [0.3, 0.4) is 0 Å². The van der Waals surface area contributed by atoms with Crippen molar-refractivity contribution in [1.82, 2.24) is 20.2 Å². The summed E-state index contributed by atoms with van der Waals surface area (Å²) in [5.74, 6) is 1.27. The van der Waals surface area contributed by atoms with Gasteiger partial charge in [-0.1, -0.05) is 41.6 Å². The van der Waals surface area contributed by atoms with Crippen molar-refractivity contribution in [3.63, 3.8) is 0 Å². The molecular weight excluding hydrogens is 502 g/mol. The summed E-state index contributed by atoms with van der Waals surface area (Å²) in [6, 6.07) is 22.5. The van der Waals surface area contributed by atoms with Gasteiger partial charge in [0, 0.05) is 18.2 Å². The Morgan fingerprint density at radius 3 is 2.21 bits per heavy atom. The first kappa shape index (κ1) is 26.6. The summed E-state index contributed by atoms with van der Waals surface area (Å²) in [5.41, 5.74) is 6.89. The van der Waals surface area contributed by atoms with E-state index in [0.29, 0.717) is 22.4 Å². The number of ether oxygens (including phenoxy) is 2. The number of amides is 1. The van der Waals surface area contributed by atoms with Gasteiger partial charge in [0.2, 0.25) is 0 Å². The summed E-state index contributed by atoms with van der Waals surface area (Å²) >= 11 is 1.26. The van der Waals surface area contributed by atoms with E-state index in [1.807, 2.05) is 60.0 Å². The minimum atomic E-state index is -0.387. The fourth-order valence-corrected chi connectivity index (χ4v) is 4.26. The minimum Gasteiger partial charge on any atom is -0.497 e. The molecule has 4 rings (SSSR count). The number of benzene rings is 3. The van der Waals surface area contributed by atoms with Crippen LogP contribution in [0, 0.1) is 6.92 Å². The number of carbonyl (C=O) groups is 2. The van der Waals surface area contributed by atoms with Gasteiger partial charge in [0.25, 0.3) is 5.91 Å². The molecule has 1 heterocycles. The van der Waals surface area contributed by atoms with Gasteiger partial charge in [-0.25, -0.2) is 5.43 Å². The molecule has 0 unspecified atom stereocenters. The zero-order valence-electron chi connectivity index (χ0n) is 21.5. The van der Waals surface area contributed by atoms with Crippen molar-refractivity contribution in [2.24, 2.45) is 5.10 Å². The molecule has 194 valence electrons. The molecule has 0 saturated carbocycles. The van der Waals surface area contributed by atoms with E-state index in [0.717, 1.165) is 28.1 Å². The molecule has 10 heteroatoms. The van der Waals surface area contributed by atoms with Crippen LogP contribution < -0.4 is 14.9 Å². The number of carbonyl (C=O) groups excluding carboxylic acids is 2. The fraction of sp³-hybridized carbons (Fsp3) is 0.179. The third kappa shape index (κ3) is 6.65. The zero-order valence-corrected chi connectivity index (χ0v) is 22.3. The molecule has 4 aromatic rings. The smallest absolute Gasteiger partial charge is 0.308 e.